The molecule has 0 aliphatic heterocycles. The van der Waals surface area contributed by atoms with E-state index in [0.717, 1.165) is 16.9 Å². The summed E-state index contributed by atoms with van der Waals surface area (Å²) in [6, 6.07) is 27.7. The van der Waals surface area contributed by atoms with Gasteiger partial charge in [-0.25, -0.2) is 10.4 Å². The molecular weight excluding hydrogens is 364 g/mol. The summed E-state index contributed by atoms with van der Waals surface area (Å²) >= 11 is 0. The third-order valence-electron chi connectivity index (χ3n) is 4.32. The number of para-hydroxylation sites is 1. The number of hydrogen-bond acceptors (Lipinski definition) is 4. The van der Waals surface area contributed by atoms with Crippen LogP contribution < -0.4 is 10.9 Å². The van der Waals surface area contributed by atoms with E-state index in [-0.39, 0.29) is 5.75 Å². The fourth-order valence-electron chi connectivity index (χ4n) is 2.91. The molecule has 142 valence electrons. The highest BCUT2D eigenvalue weighted by Crippen LogP contribution is 2.20. The predicted octanol–water partition coefficient (Wildman–Crippen LogP) is 3.49. The van der Waals surface area contributed by atoms with E-state index in [0.29, 0.717) is 11.1 Å². The Morgan fingerprint density at radius 2 is 1.62 bits per heavy atom. The fourth-order valence-corrected chi connectivity index (χ4v) is 2.91. The number of carbonyl (C=O) groups excluding carboxylic acids is 1. The van der Waals surface area contributed by atoms with Gasteiger partial charge in [-0.1, -0.05) is 54.6 Å². The standard InChI is InChI=1S/C23H18N4O2/c28-20-13-7-10-18(14-20)23(29)26-25-22-15-21(17-8-3-1-4-9-17)27(16-24-22)19-11-5-2-6-12-19/h1-16,28H,(H,26,29)/b25-22+. The molecule has 1 aromatic heterocycles. The van der Waals surface area contributed by atoms with Gasteiger partial charge in [-0.3, -0.25) is 4.79 Å². The Bertz CT molecular complexity index is 1200. The number of carbonyl (C=O) groups is 1. The number of rotatable bonds is 4. The van der Waals surface area contributed by atoms with Crippen LogP contribution in [-0.4, -0.2) is 20.6 Å². The van der Waals surface area contributed by atoms with Crippen LogP contribution in [-0.2, 0) is 0 Å². The van der Waals surface area contributed by atoms with E-state index in [2.05, 4.69) is 15.5 Å². The summed E-state index contributed by atoms with van der Waals surface area (Å²) in [5.74, 6) is -0.408. The molecule has 0 aliphatic rings. The third-order valence-corrected chi connectivity index (χ3v) is 4.32. The summed E-state index contributed by atoms with van der Waals surface area (Å²) in [5, 5.41) is 13.7. The SMILES string of the molecule is O=C(N/N=c1\cc(-c2ccccc2)n(-c2ccccc2)cn1)c1cccc(O)c1. The molecule has 2 N–H and O–H groups in total. The molecule has 29 heavy (non-hydrogen) atoms. The van der Waals surface area contributed by atoms with Crippen molar-refractivity contribution in [1.29, 1.82) is 0 Å². The van der Waals surface area contributed by atoms with Gasteiger partial charge in [0.2, 0.25) is 0 Å². The molecule has 4 aromatic rings. The summed E-state index contributed by atoms with van der Waals surface area (Å²) in [7, 11) is 0. The van der Waals surface area contributed by atoms with E-state index in [4.69, 9.17) is 0 Å². The van der Waals surface area contributed by atoms with Crippen molar-refractivity contribution in [1.82, 2.24) is 15.0 Å². The van der Waals surface area contributed by atoms with E-state index in [1.165, 1.54) is 12.1 Å². The zero-order chi connectivity index (χ0) is 20.1. The van der Waals surface area contributed by atoms with Crippen molar-refractivity contribution in [3.8, 4) is 22.7 Å². The lowest BCUT2D eigenvalue weighted by atomic mass is 10.1. The first kappa shape index (κ1) is 18.2. The maximum atomic E-state index is 12.3. The van der Waals surface area contributed by atoms with E-state index in [1.54, 1.807) is 18.5 Å². The molecule has 0 saturated carbocycles. The molecule has 3 aromatic carbocycles. The highest BCUT2D eigenvalue weighted by atomic mass is 16.3. The Labute approximate surface area is 167 Å². The third kappa shape index (κ3) is 4.22. The average molecular weight is 382 g/mol. The predicted molar refractivity (Wildman–Crippen MR) is 110 cm³/mol. The van der Waals surface area contributed by atoms with Gasteiger partial charge < -0.3 is 9.67 Å². The first-order chi connectivity index (χ1) is 14.2. The minimum atomic E-state index is -0.427. The number of nitrogens with one attached hydrogen (secondary N) is 1. The van der Waals surface area contributed by atoms with Crippen LogP contribution in [0.25, 0.3) is 16.9 Å². The second-order valence-corrected chi connectivity index (χ2v) is 6.31. The van der Waals surface area contributed by atoms with Crippen molar-refractivity contribution in [3.05, 3.63) is 108 Å². The second kappa shape index (κ2) is 8.22. The summed E-state index contributed by atoms with van der Waals surface area (Å²) in [5.41, 5.74) is 6.01. The van der Waals surface area contributed by atoms with Crippen molar-refractivity contribution in [2.24, 2.45) is 5.10 Å². The van der Waals surface area contributed by atoms with Gasteiger partial charge in [0.1, 0.15) is 12.1 Å². The lowest BCUT2D eigenvalue weighted by Crippen LogP contribution is -2.23. The maximum absolute atomic E-state index is 12.3. The lowest BCUT2D eigenvalue weighted by Gasteiger charge is -2.13. The van der Waals surface area contributed by atoms with Crippen molar-refractivity contribution >= 4 is 5.91 Å². The second-order valence-electron chi connectivity index (χ2n) is 6.31. The number of amides is 1. The van der Waals surface area contributed by atoms with Gasteiger partial charge in [0.15, 0.2) is 5.49 Å². The highest BCUT2D eigenvalue weighted by molar-refractivity contribution is 5.94. The number of nitrogens with zero attached hydrogens (tertiary/aromatic N) is 3. The number of aromatic hydroxyl groups is 1. The molecule has 0 bridgehead atoms. The summed E-state index contributed by atoms with van der Waals surface area (Å²) in [6.07, 6.45) is 1.68. The van der Waals surface area contributed by atoms with E-state index >= 15 is 0 Å². The van der Waals surface area contributed by atoms with Crippen LogP contribution in [0.1, 0.15) is 10.4 Å². The molecule has 0 atom stereocenters. The number of phenols is 1. The van der Waals surface area contributed by atoms with Crippen LogP contribution in [0.4, 0.5) is 0 Å². The molecule has 1 heterocycles. The molecule has 6 heteroatoms. The number of hydrogen-bond donors (Lipinski definition) is 2. The zero-order valence-corrected chi connectivity index (χ0v) is 15.4. The van der Waals surface area contributed by atoms with Crippen molar-refractivity contribution < 1.29 is 9.90 Å². The van der Waals surface area contributed by atoms with Crippen LogP contribution in [0.15, 0.2) is 102 Å². The average Bonchev–Trinajstić information content (AvgIpc) is 2.78. The fraction of sp³-hybridized carbons (Fsp3) is 0. The van der Waals surface area contributed by atoms with Crippen LogP contribution in [0.2, 0.25) is 0 Å². The molecule has 0 fully saturated rings. The normalized spacial score (nSPS) is 11.2. The van der Waals surface area contributed by atoms with Crippen molar-refractivity contribution in [2.75, 3.05) is 0 Å². The molecule has 0 radical (unpaired) electrons. The maximum Gasteiger partial charge on any atom is 0.271 e. The Kier molecular flexibility index (Phi) is 5.16. The van der Waals surface area contributed by atoms with Gasteiger partial charge in [0, 0.05) is 17.3 Å². The van der Waals surface area contributed by atoms with E-state index in [9.17, 15) is 9.90 Å². The molecule has 0 spiro atoms. The lowest BCUT2D eigenvalue weighted by molar-refractivity contribution is 0.0952. The van der Waals surface area contributed by atoms with Crippen LogP contribution in [0.5, 0.6) is 5.75 Å². The first-order valence-corrected chi connectivity index (χ1v) is 9.03. The molecular formula is C23H18N4O2. The number of benzene rings is 3. The smallest absolute Gasteiger partial charge is 0.271 e. The molecule has 6 nitrogen and oxygen atoms in total. The largest absolute Gasteiger partial charge is 0.508 e. The highest BCUT2D eigenvalue weighted by Gasteiger charge is 2.07. The van der Waals surface area contributed by atoms with E-state index in [1.807, 2.05) is 71.3 Å². The number of aromatic nitrogens is 2. The molecule has 0 aliphatic carbocycles. The number of phenolic OH excluding ortho intramolecular Hbond substituents is 1. The minimum absolute atomic E-state index is 0.0192. The topological polar surface area (TPSA) is 79.5 Å². The van der Waals surface area contributed by atoms with Gasteiger partial charge in [0.05, 0.1) is 5.69 Å². The van der Waals surface area contributed by atoms with Crippen LogP contribution in [0, 0.1) is 0 Å². The van der Waals surface area contributed by atoms with Crippen LogP contribution in [0.3, 0.4) is 0 Å². The molecule has 0 unspecified atom stereocenters. The summed E-state index contributed by atoms with van der Waals surface area (Å²) in [6.45, 7) is 0. The first-order valence-electron chi connectivity index (χ1n) is 9.03. The van der Waals surface area contributed by atoms with Gasteiger partial charge in [-0.15, -0.1) is 0 Å². The van der Waals surface area contributed by atoms with Gasteiger partial charge in [-0.2, -0.15) is 5.10 Å². The van der Waals surface area contributed by atoms with Crippen molar-refractivity contribution in [3.63, 3.8) is 0 Å². The Morgan fingerprint density at radius 1 is 0.897 bits per heavy atom. The molecule has 1 amide bonds. The zero-order valence-electron chi connectivity index (χ0n) is 15.4. The Balaban J connectivity index is 1.72. The summed E-state index contributed by atoms with van der Waals surface area (Å²) in [4.78, 5) is 16.6. The minimum Gasteiger partial charge on any atom is -0.508 e. The van der Waals surface area contributed by atoms with Gasteiger partial charge in [0.25, 0.3) is 5.91 Å². The van der Waals surface area contributed by atoms with Crippen molar-refractivity contribution in [2.45, 2.75) is 0 Å². The quantitative estimate of drug-likeness (QED) is 0.530. The summed E-state index contributed by atoms with van der Waals surface area (Å²) < 4.78 is 1.96. The molecule has 4 rings (SSSR count). The molecule has 0 saturated heterocycles. The Morgan fingerprint density at radius 3 is 2.34 bits per heavy atom. The van der Waals surface area contributed by atoms with E-state index < -0.39 is 5.91 Å². The monoisotopic (exact) mass is 382 g/mol. The van der Waals surface area contributed by atoms with Gasteiger partial charge >= 0.3 is 0 Å². The van der Waals surface area contributed by atoms with Crippen LogP contribution >= 0.6 is 0 Å². The Hall–Kier alpha value is -4.19. The van der Waals surface area contributed by atoms with Gasteiger partial charge in [-0.05, 0) is 35.9 Å².